The third-order valence-corrected chi connectivity index (χ3v) is 4.62. The molecule has 0 heterocycles. The van der Waals surface area contributed by atoms with Crippen LogP contribution in [-0.4, -0.2) is 20.7 Å². The topological polar surface area (TPSA) is 46.2 Å². The van der Waals surface area contributed by atoms with Crippen LogP contribution in [0.5, 0.6) is 0 Å². The summed E-state index contributed by atoms with van der Waals surface area (Å²) in [6, 6.07) is 3.99. The Bertz CT molecular complexity index is 543. The summed E-state index contributed by atoms with van der Waals surface area (Å²) < 4.78 is 36.8. The molecule has 0 saturated heterocycles. The molecule has 1 N–H and O–H groups in total. The van der Waals surface area contributed by atoms with Crippen molar-refractivity contribution in [2.75, 3.05) is 11.6 Å². The van der Waals surface area contributed by atoms with E-state index in [9.17, 15) is 12.8 Å². The van der Waals surface area contributed by atoms with Gasteiger partial charge in [-0.05, 0) is 31.5 Å². The molecule has 0 spiro atoms. The van der Waals surface area contributed by atoms with Gasteiger partial charge >= 0.3 is 0 Å². The molecule has 1 aromatic carbocycles. The summed E-state index contributed by atoms with van der Waals surface area (Å²) in [6.45, 7) is 4.17. The van der Waals surface area contributed by atoms with E-state index in [1.165, 1.54) is 43.9 Å². The standard InChI is InChI=1S/C16H26FNO2S/c1-4-5-6-7-8-9-13(2)18-16-12-14(21(3,19)20)10-11-15(16)17/h10-13,18H,4-9H2,1-3H3. The maximum Gasteiger partial charge on any atom is 0.175 e. The number of nitrogens with one attached hydrogen (secondary N) is 1. The molecule has 1 atom stereocenters. The van der Waals surface area contributed by atoms with Crippen molar-refractivity contribution in [3.63, 3.8) is 0 Å². The van der Waals surface area contributed by atoms with Crippen LogP contribution in [0.2, 0.25) is 0 Å². The molecule has 1 aromatic rings. The lowest BCUT2D eigenvalue weighted by Crippen LogP contribution is -2.16. The zero-order chi connectivity index (χ0) is 15.9. The number of anilines is 1. The van der Waals surface area contributed by atoms with Crippen LogP contribution >= 0.6 is 0 Å². The number of rotatable bonds is 9. The average Bonchev–Trinajstić information content (AvgIpc) is 2.40. The van der Waals surface area contributed by atoms with Crippen LogP contribution in [0.15, 0.2) is 23.1 Å². The summed E-state index contributed by atoms with van der Waals surface area (Å²) in [5.74, 6) is -0.416. The number of halogens is 1. The molecule has 0 radical (unpaired) electrons. The molecular weight excluding hydrogens is 289 g/mol. The fourth-order valence-corrected chi connectivity index (χ4v) is 2.88. The van der Waals surface area contributed by atoms with Crippen molar-refractivity contribution in [3.05, 3.63) is 24.0 Å². The molecule has 0 aliphatic heterocycles. The SMILES string of the molecule is CCCCCCCC(C)Nc1cc(S(C)(=O)=O)ccc1F. The van der Waals surface area contributed by atoms with Gasteiger partial charge in [0.25, 0.3) is 0 Å². The molecular formula is C16H26FNO2S. The van der Waals surface area contributed by atoms with Crippen LogP contribution in [0, 0.1) is 5.82 Å². The Kier molecular flexibility index (Phi) is 7.15. The van der Waals surface area contributed by atoms with Crippen LogP contribution in [0.3, 0.4) is 0 Å². The highest BCUT2D eigenvalue weighted by Gasteiger charge is 2.12. The van der Waals surface area contributed by atoms with Crippen LogP contribution in [-0.2, 0) is 9.84 Å². The van der Waals surface area contributed by atoms with Gasteiger partial charge in [0, 0.05) is 12.3 Å². The first-order valence-electron chi connectivity index (χ1n) is 7.60. The second-order valence-corrected chi connectivity index (χ2v) is 7.68. The first-order valence-corrected chi connectivity index (χ1v) is 9.50. The van der Waals surface area contributed by atoms with E-state index in [-0.39, 0.29) is 16.6 Å². The Morgan fingerprint density at radius 3 is 2.48 bits per heavy atom. The third kappa shape index (κ3) is 6.46. The molecule has 21 heavy (non-hydrogen) atoms. The molecule has 0 bridgehead atoms. The second kappa shape index (κ2) is 8.37. The van der Waals surface area contributed by atoms with Crippen molar-refractivity contribution in [2.24, 2.45) is 0 Å². The highest BCUT2D eigenvalue weighted by Crippen LogP contribution is 2.21. The number of hydrogen-bond donors (Lipinski definition) is 1. The first-order chi connectivity index (χ1) is 9.84. The van der Waals surface area contributed by atoms with E-state index < -0.39 is 15.7 Å². The zero-order valence-electron chi connectivity index (χ0n) is 13.2. The molecule has 0 aliphatic rings. The zero-order valence-corrected chi connectivity index (χ0v) is 14.0. The molecule has 5 heteroatoms. The Hall–Kier alpha value is -1.10. The Balaban J connectivity index is 2.57. The fraction of sp³-hybridized carbons (Fsp3) is 0.625. The molecule has 0 fully saturated rings. The van der Waals surface area contributed by atoms with Gasteiger partial charge in [-0.25, -0.2) is 12.8 Å². The predicted molar refractivity (Wildman–Crippen MR) is 86.0 cm³/mol. The summed E-state index contributed by atoms with van der Waals surface area (Å²) in [7, 11) is -3.31. The molecule has 0 amide bonds. The van der Waals surface area contributed by atoms with Crippen LogP contribution in [0.4, 0.5) is 10.1 Å². The van der Waals surface area contributed by atoms with E-state index in [1.54, 1.807) is 0 Å². The molecule has 1 rings (SSSR count). The summed E-state index contributed by atoms with van der Waals surface area (Å²) in [5.41, 5.74) is 0.263. The summed E-state index contributed by atoms with van der Waals surface area (Å²) in [5, 5.41) is 3.07. The third-order valence-electron chi connectivity index (χ3n) is 3.51. The van der Waals surface area contributed by atoms with Gasteiger partial charge in [-0.2, -0.15) is 0 Å². The quantitative estimate of drug-likeness (QED) is 0.543. The van der Waals surface area contributed by atoms with E-state index >= 15 is 0 Å². The minimum Gasteiger partial charge on any atom is -0.380 e. The van der Waals surface area contributed by atoms with Crippen molar-refractivity contribution < 1.29 is 12.8 Å². The highest BCUT2D eigenvalue weighted by molar-refractivity contribution is 7.90. The number of unbranched alkanes of at least 4 members (excludes halogenated alkanes) is 4. The number of hydrogen-bond acceptors (Lipinski definition) is 3. The van der Waals surface area contributed by atoms with Gasteiger partial charge in [0.2, 0.25) is 0 Å². The average molecular weight is 315 g/mol. The lowest BCUT2D eigenvalue weighted by atomic mass is 10.1. The molecule has 0 aliphatic carbocycles. The number of benzene rings is 1. The lowest BCUT2D eigenvalue weighted by molar-refractivity contribution is 0.572. The van der Waals surface area contributed by atoms with Gasteiger partial charge in [-0.1, -0.05) is 39.0 Å². The predicted octanol–water partition coefficient (Wildman–Crippen LogP) is 4.39. The summed E-state index contributed by atoms with van der Waals surface area (Å²) >= 11 is 0. The van der Waals surface area contributed by atoms with Crippen molar-refractivity contribution in [1.29, 1.82) is 0 Å². The first kappa shape index (κ1) is 18.0. The minimum absolute atomic E-state index is 0.121. The molecule has 3 nitrogen and oxygen atoms in total. The maximum absolute atomic E-state index is 13.7. The van der Waals surface area contributed by atoms with Crippen LogP contribution in [0.1, 0.15) is 52.4 Å². The van der Waals surface area contributed by atoms with E-state index in [1.807, 2.05) is 6.92 Å². The smallest absolute Gasteiger partial charge is 0.175 e. The minimum atomic E-state index is -3.31. The van der Waals surface area contributed by atoms with Crippen molar-refractivity contribution in [2.45, 2.75) is 63.3 Å². The highest BCUT2D eigenvalue weighted by atomic mass is 32.2. The van der Waals surface area contributed by atoms with Crippen molar-refractivity contribution in [1.82, 2.24) is 0 Å². The van der Waals surface area contributed by atoms with Gasteiger partial charge in [0.15, 0.2) is 9.84 Å². The Morgan fingerprint density at radius 2 is 1.86 bits per heavy atom. The van der Waals surface area contributed by atoms with Gasteiger partial charge in [0.1, 0.15) is 5.82 Å². The normalized spacial score (nSPS) is 13.1. The van der Waals surface area contributed by atoms with E-state index in [0.29, 0.717) is 0 Å². The summed E-state index contributed by atoms with van der Waals surface area (Å²) in [6.07, 6.45) is 8.08. The van der Waals surface area contributed by atoms with Crippen LogP contribution < -0.4 is 5.32 Å². The maximum atomic E-state index is 13.7. The van der Waals surface area contributed by atoms with Gasteiger partial charge in [0.05, 0.1) is 10.6 Å². The monoisotopic (exact) mass is 315 g/mol. The van der Waals surface area contributed by atoms with Crippen molar-refractivity contribution in [3.8, 4) is 0 Å². The largest absolute Gasteiger partial charge is 0.380 e. The van der Waals surface area contributed by atoms with Crippen molar-refractivity contribution >= 4 is 15.5 Å². The Labute approximate surface area is 127 Å². The van der Waals surface area contributed by atoms with Gasteiger partial charge in [-0.3, -0.25) is 0 Å². The van der Waals surface area contributed by atoms with E-state index in [4.69, 9.17) is 0 Å². The molecule has 0 saturated carbocycles. The molecule has 1 unspecified atom stereocenters. The van der Waals surface area contributed by atoms with Crippen LogP contribution in [0.25, 0.3) is 0 Å². The van der Waals surface area contributed by atoms with Gasteiger partial charge in [-0.15, -0.1) is 0 Å². The lowest BCUT2D eigenvalue weighted by Gasteiger charge is -2.16. The fourth-order valence-electron chi connectivity index (χ4n) is 2.24. The van der Waals surface area contributed by atoms with E-state index in [0.717, 1.165) is 19.1 Å². The number of sulfone groups is 1. The molecule has 0 aromatic heterocycles. The molecule has 120 valence electrons. The van der Waals surface area contributed by atoms with E-state index in [2.05, 4.69) is 12.2 Å². The summed E-state index contributed by atoms with van der Waals surface area (Å²) in [4.78, 5) is 0.140. The Morgan fingerprint density at radius 1 is 1.19 bits per heavy atom. The van der Waals surface area contributed by atoms with Gasteiger partial charge < -0.3 is 5.32 Å². The second-order valence-electron chi connectivity index (χ2n) is 5.66.